The van der Waals surface area contributed by atoms with Crippen molar-refractivity contribution in [1.29, 1.82) is 0 Å². The first-order valence-corrected chi connectivity index (χ1v) is 22.3. The smallest absolute Gasteiger partial charge is 0.354 e. The van der Waals surface area contributed by atoms with Crippen LogP contribution in [0.3, 0.4) is 0 Å². The molecule has 7 heterocycles. The lowest BCUT2D eigenvalue weighted by Gasteiger charge is -2.50. The number of anilines is 2. The zero-order chi connectivity index (χ0) is 44.4. The maximum atomic E-state index is 14.2. The molecule has 0 aliphatic carbocycles. The van der Waals surface area contributed by atoms with Gasteiger partial charge < -0.3 is 41.2 Å². The molecule has 0 spiro atoms. The van der Waals surface area contributed by atoms with E-state index in [4.69, 9.17) is 20.1 Å². The second-order valence-corrected chi connectivity index (χ2v) is 17.8. The Hall–Kier alpha value is -6.24. The molecule has 0 saturated carbocycles. The number of aliphatic carboxylic acids is 1. The molecule has 1 saturated heterocycles. The van der Waals surface area contributed by atoms with E-state index in [0.717, 1.165) is 53.3 Å². The van der Waals surface area contributed by atoms with Crippen molar-refractivity contribution in [3.8, 4) is 0 Å². The van der Waals surface area contributed by atoms with Crippen LogP contribution in [0.15, 0.2) is 58.4 Å². The molecule has 0 aromatic carbocycles. The number of esters is 1. The van der Waals surface area contributed by atoms with E-state index in [0.29, 0.717) is 11.1 Å². The number of carbonyl (C=O) groups excluding carboxylic acids is 5. The van der Waals surface area contributed by atoms with Crippen LogP contribution in [0.1, 0.15) is 11.4 Å². The molecule has 1 fully saturated rings. The first-order valence-electron chi connectivity index (χ1n) is 17.5. The van der Waals surface area contributed by atoms with Gasteiger partial charge in [0.1, 0.15) is 60.4 Å². The molecular formula is C32H31N13O12S5. The van der Waals surface area contributed by atoms with E-state index in [2.05, 4.69) is 51.6 Å². The highest BCUT2D eigenvalue weighted by Gasteiger charge is 2.54. The summed E-state index contributed by atoms with van der Waals surface area (Å²) in [4.78, 5) is 126. The summed E-state index contributed by atoms with van der Waals surface area (Å²) < 4.78 is 6.24. The molecule has 3 aromatic heterocycles. The van der Waals surface area contributed by atoms with Crippen LogP contribution >= 0.6 is 58.0 Å². The largest absolute Gasteiger partial charge is 0.480 e. The fraction of sp³-hybridized carbons (Fsp3) is 0.344. The Morgan fingerprint density at radius 1 is 1.03 bits per heavy atom. The van der Waals surface area contributed by atoms with Gasteiger partial charge in [-0.15, -0.1) is 46.2 Å². The van der Waals surface area contributed by atoms with Crippen molar-refractivity contribution in [3.05, 3.63) is 65.4 Å². The number of rotatable bonds is 15. The Morgan fingerprint density at radius 2 is 1.74 bits per heavy atom. The van der Waals surface area contributed by atoms with Crippen molar-refractivity contribution in [2.75, 3.05) is 49.1 Å². The fourth-order valence-electron chi connectivity index (χ4n) is 6.09. The van der Waals surface area contributed by atoms with E-state index in [-0.39, 0.29) is 67.8 Å². The van der Waals surface area contributed by atoms with Crippen molar-refractivity contribution >= 4 is 115 Å². The zero-order valence-corrected chi connectivity index (χ0v) is 36.1. The van der Waals surface area contributed by atoms with Gasteiger partial charge in [-0.3, -0.25) is 48.8 Å². The lowest BCUT2D eigenvalue weighted by molar-refractivity contribution is -0.146. The first-order chi connectivity index (χ1) is 29.7. The summed E-state index contributed by atoms with van der Waals surface area (Å²) in [6.07, 6.45) is 0. The van der Waals surface area contributed by atoms with Crippen molar-refractivity contribution < 1.29 is 48.3 Å². The molecule has 25 nitrogen and oxygen atoms in total. The number of hydrogen-bond acceptors (Lipinski definition) is 23. The first kappa shape index (κ1) is 43.8. The molecule has 2 unspecified atom stereocenters. The lowest BCUT2D eigenvalue weighted by Crippen LogP contribution is -2.71. The number of H-pyrrole nitrogens is 1. The SMILES string of the molecule is CO/N=C(\C(=O)NC(C(=O)O)C1NC2=C(COC2=O)CS1)c1csc(NC(=O)C2=C(CSc3nc(=O)c(=O)[nH]n3C)CS[C@@H]3[C@H](NC(=O)/C(=N\OC)c4csc(N)n4)C(=O)N23)n1. The van der Waals surface area contributed by atoms with Gasteiger partial charge in [-0.05, 0) is 5.57 Å². The highest BCUT2D eigenvalue weighted by Crippen LogP contribution is 2.42. The predicted octanol–water partition coefficient (Wildman–Crippen LogP) is -2.21. The second-order valence-electron chi connectivity index (χ2n) is 12.8. The summed E-state index contributed by atoms with van der Waals surface area (Å²) in [5, 5.41) is 31.7. The van der Waals surface area contributed by atoms with Crippen molar-refractivity contribution in [1.82, 2.24) is 45.6 Å². The molecule has 8 N–H and O–H groups in total. The number of aromatic nitrogens is 5. The average molecular weight is 950 g/mol. The number of nitrogens with one attached hydrogen (secondary N) is 5. The molecule has 4 atom stereocenters. The average Bonchev–Trinajstić information content (AvgIpc) is 3.99. The van der Waals surface area contributed by atoms with Crippen LogP contribution in [0.2, 0.25) is 0 Å². The molecule has 4 aliphatic heterocycles. The van der Waals surface area contributed by atoms with Gasteiger partial charge >= 0.3 is 23.1 Å². The van der Waals surface area contributed by atoms with Crippen LogP contribution in [0.5, 0.6) is 0 Å². The van der Waals surface area contributed by atoms with E-state index in [1.165, 1.54) is 46.3 Å². The zero-order valence-electron chi connectivity index (χ0n) is 32.0. The van der Waals surface area contributed by atoms with Crippen LogP contribution < -0.4 is 38.1 Å². The van der Waals surface area contributed by atoms with Crippen molar-refractivity contribution in [2.45, 2.75) is 28.0 Å². The molecule has 326 valence electrons. The number of nitrogens with two attached hydrogens (primary N) is 1. The topological polar surface area (TPSA) is 346 Å². The summed E-state index contributed by atoms with van der Waals surface area (Å²) in [5.41, 5.74) is 4.20. The van der Waals surface area contributed by atoms with E-state index in [9.17, 15) is 43.5 Å². The van der Waals surface area contributed by atoms with Crippen LogP contribution in [0.4, 0.5) is 10.3 Å². The summed E-state index contributed by atoms with van der Waals surface area (Å²) in [6, 6.07) is -2.68. The highest BCUT2D eigenvalue weighted by atomic mass is 32.2. The van der Waals surface area contributed by atoms with Gasteiger partial charge in [-0.2, -0.15) is 4.98 Å². The summed E-state index contributed by atoms with van der Waals surface area (Å²) >= 11 is 5.32. The van der Waals surface area contributed by atoms with Gasteiger partial charge in [0.25, 0.3) is 23.6 Å². The van der Waals surface area contributed by atoms with Gasteiger partial charge in [-0.25, -0.2) is 19.6 Å². The number of thioether (sulfide) groups is 3. The number of nitrogens with zero attached hydrogens (tertiary/aromatic N) is 7. The van der Waals surface area contributed by atoms with E-state index < -0.39 is 75.2 Å². The number of cyclic esters (lactones) is 1. The lowest BCUT2D eigenvalue weighted by atomic mass is 10.0. The number of ether oxygens (including phenoxy) is 1. The Kier molecular flexibility index (Phi) is 13.0. The van der Waals surface area contributed by atoms with Crippen LogP contribution in [0, 0.1) is 0 Å². The number of β-lactam (4-membered cyclic amide) rings is 1. The number of carbonyl (C=O) groups is 6. The molecule has 62 heavy (non-hydrogen) atoms. The molecule has 3 aromatic rings. The van der Waals surface area contributed by atoms with Crippen LogP contribution in [-0.4, -0.2) is 143 Å². The Morgan fingerprint density at radius 3 is 2.44 bits per heavy atom. The molecule has 0 radical (unpaired) electrons. The third kappa shape index (κ3) is 8.89. The second kappa shape index (κ2) is 18.4. The molecule has 7 rings (SSSR count). The summed E-state index contributed by atoms with van der Waals surface area (Å²) in [6.45, 7) is 0.0790. The normalized spacial score (nSPS) is 20.3. The van der Waals surface area contributed by atoms with E-state index >= 15 is 0 Å². The third-order valence-electron chi connectivity index (χ3n) is 8.91. The summed E-state index contributed by atoms with van der Waals surface area (Å²) in [7, 11) is 3.84. The molecule has 4 amide bonds. The Balaban J connectivity index is 1.11. The van der Waals surface area contributed by atoms with Gasteiger partial charge in [0, 0.05) is 40.6 Å². The van der Waals surface area contributed by atoms with Crippen LogP contribution in [-0.2, 0) is 50.2 Å². The fourth-order valence-corrected chi connectivity index (χ4v) is 10.9. The number of amides is 4. The number of carboxylic acids is 1. The van der Waals surface area contributed by atoms with Gasteiger partial charge in [0.15, 0.2) is 32.9 Å². The number of hydrogen-bond donors (Lipinski definition) is 7. The monoisotopic (exact) mass is 949 g/mol. The Bertz CT molecular complexity index is 2630. The minimum absolute atomic E-state index is 0.0120. The van der Waals surface area contributed by atoms with Crippen molar-refractivity contribution in [2.24, 2.45) is 17.4 Å². The van der Waals surface area contributed by atoms with E-state index in [1.807, 2.05) is 0 Å². The molecule has 0 bridgehead atoms. The van der Waals surface area contributed by atoms with Gasteiger partial charge in [-0.1, -0.05) is 22.1 Å². The standard InChI is InChI=1S/C32H31N13O12S5/c1-44-32(40-23(49)24(50)41-44)62-7-11-6-59-27-18(37-21(47)15(42-55-2)12-8-60-30(33)34-12)26(51)45(27)19(11)22(48)39-31-35-13(9-61-31)16(43-56-3)20(46)36-17(28(52)53)25-38-14-10(5-58-25)4-57-29(14)54/h8-9,17-18,25,27,38H,4-7H2,1-3H3,(H2,33,34)(H,36,46)(H,37,47)(H,41,50)(H,52,53)(H,35,39,48)/b42-15-,43-16-/t17?,18-,25?,27-/m1/s1. The number of carboxylic acid groups (broad SMARTS) is 1. The van der Waals surface area contributed by atoms with Gasteiger partial charge in [0.2, 0.25) is 0 Å². The van der Waals surface area contributed by atoms with Crippen LogP contribution in [0.25, 0.3) is 0 Å². The maximum absolute atomic E-state index is 14.2. The molecular weight excluding hydrogens is 919 g/mol. The molecule has 4 aliphatic rings. The van der Waals surface area contributed by atoms with Crippen molar-refractivity contribution in [3.63, 3.8) is 0 Å². The number of nitrogen functional groups attached to an aromatic ring is 1. The molecule has 30 heteroatoms. The highest BCUT2D eigenvalue weighted by molar-refractivity contribution is 8.01. The minimum Gasteiger partial charge on any atom is -0.480 e. The minimum atomic E-state index is -1.56. The number of fused-ring (bicyclic) bond motifs is 1. The third-order valence-corrected chi connectivity index (χ3v) is 14.1. The number of oxime groups is 2. The quantitative estimate of drug-likeness (QED) is 0.0212. The number of aromatic amines is 1. The number of thiazole rings is 2. The Labute approximate surface area is 367 Å². The van der Waals surface area contributed by atoms with Gasteiger partial charge in [0.05, 0.1) is 0 Å². The number of aryl methyl sites for hydroxylation is 1. The van der Waals surface area contributed by atoms with E-state index in [1.54, 1.807) is 0 Å². The maximum Gasteiger partial charge on any atom is 0.354 e. The predicted molar refractivity (Wildman–Crippen MR) is 224 cm³/mol. The summed E-state index contributed by atoms with van der Waals surface area (Å²) in [5.74, 6) is -4.86.